The van der Waals surface area contributed by atoms with Crippen molar-refractivity contribution < 1.29 is 29.5 Å². The molecule has 0 amide bonds. The third-order valence-corrected chi connectivity index (χ3v) is 4.72. The van der Waals surface area contributed by atoms with Gasteiger partial charge in [-0.05, 0) is 42.2 Å². The fraction of sp³-hybridized carbons (Fsp3) is 0.400. The second-order valence-electron chi connectivity index (χ2n) is 6.30. The van der Waals surface area contributed by atoms with Crippen LogP contribution in [-0.2, 0) is 6.42 Å². The summed E-state index contributed by atoms with van der Waals surface area (Å²) in [7, 11) is 3.14. The molecule has 3 rings (SSSR count). The molecule has 0 radical (unpaired) electrons. The summed E-state index contributed by atoms with van der Waals surface area (Å²) in [6.07, 6.45) is 0.826. The minimum atomic E-state index is -0.436. The number of phenols is 1. The normalized spacial score (nSPS) is 18.3. The Labute approximate surface area is 152 Å². The average Bonchev–Trinajstić information content (AvgIpc) is 3.04. The molecule has 2 aromatic rings. The number of aliphatic hydroxyl groups is 2. The van der Waals surface area contributed by atoms with Crippen LogP contribution in [-0.4, -0.2) is 42.8 Å². The maximum Gasteiger partial charge on any atom is 0.165 e. The lowest BCUT2D eigenvalue weighted by Gasteiger charge is -2.19. The highest BCUT2D eigenvalue weighted by Crippen LogP contribution is 2.51. The van der Waals surface area contributed by atoms with E-state index in [4.69, 9.17) is 19.3 Å². The van der Waals surface area contributed by atoms with E-state index < -0.39 is 6.10 Å². The van der Waals surface area contributed by atoms with Crippen molar-refractivity contribution in [3.05, 3.63) is 47.0 Å². The number of hydrogen-bond acceptors (Lipinski definition) is 6. The maximum atomic E-state index is 10.4. The molecule has 0 spiro atoms. The summed E-state index contributed by atoms with van der Waals surface area (Å²) < 4.78 is 16.6. The van der Waals surface area contributed by atoms with Crippen LogP contribution in [0.2, 0.25) is 0 Å². The Balaban J connectivity index is 1.96. The molecule has 0 aromatic heterocycles. The third kappa shape index (κ3) is 3.30. The van der Waals surface area contributed by atoms with E-state index in [-0.39, 0.29) is 24.9 Å². The van der Waals surface area contributed by atoms with Crippen molar-refractivity contribution in [2.75, 3.05) is 27.4 Å². The first-order valence-corrected chi connectivity index (χ1v) is 8.59. The fourth-order valence-electron chi connectivity index (χ4n) is 3.42. The van der Waals surface area contributed by atoms with Crippen molar-refractivity contribution in [2.24, 2.45) is 0 Å². The van der Waals surface area contributed by atoms with Gasteiger partial charge in [-0.3, -0.25) is 0 Å². The number of phenolic OH excluding ortho intramolecular Hbond substituents is 1. The maximum absolute atomic E-state index is 10.4. The summed E-state index contributed by atoms with van der Waals surface area (Å²) >= 11 is 0. The van der Waals surface area contributed by atoms with Gasteiger partial charge < -0.3 is 29.5 Å². The third-order valence-electron chi connectivity index (χ3n) is 4.72. The van der Waals surface area contributed by atoms with Crippen LogP contribution >= 0.6 is 0 Å². The molecular weight excluding hydrogens is 336 g/mol. The van der Waals surface area contributed by atoms with Crippen molar-refractivity contribution in [3.63, 3.8) is 0 Å². The molecule has 1 heterocycles. The topological polar surface area (TPSA) is 88.4 Å². The van der Waals surface area contributed by atoms with Crippen molar-refractivity contribution in [2.45, 2.75) is 24.9 Å². The molecule has 0 saturated carbocycles. The van der Waals surface area contributed by atoms with Crippen LogP contribution < -0.4 is 14.2 Å². The molecule has 2 aromatic carbocycles. The Morgan fingerprint density at radius 2 is 1.81 bits per heavy atom. The monoisotopic (exact) mass is 360 g/mol. The molecule has 0 bridgehead atoms. The molecule has 26 heavy (non-hydrogen) atoms. The first-order chi connectivity index (χ1) is 12.6. The van der Waals surface area contributed by atoms with Crippen molar-refractivity contribution in [1.29, 1.82) is 0 Å². The van der Waals surface area contributed by atoms with Crippen molar-refractivity contribution in [1.82, 2.24) is 0 Å². The molecule has 140 valence electrons. The van der Waals surface area contributed by atoms with E-state index in [1.807, 2.05) is 18.2 Å². The Hall–Kier alpha value is -2.44. The summed E-state index contributed by atoms with van der Waals surface area (Å²) in [5, 5.41) is 29.4. The molecule has 6 nitrogen and oxygen atoms in total. The smallest absolute Gasteiger partial charge is 0.165 e. The lowest BCUT2D eigenvalue weighted by molar-refractivity contribution is 0.157. The summed E-state index contributed by atoms with van der Waals surface area (Å²) in [6, 6.07) is 9.07. The Morgan fingerprint density at radius 1 is 1.04 bits per heavy atom. The van der Waals surface area contributed by atoms with Crippen LogP contribution in [0, 0.1) is 0 Å². The number of fused-ring (bicyclic) bond motifs is 1. The van der Waals surface area contributed by atoms with Gasteiger partial charge in [0, 0.05) is 12.2 Å². The quantitative estimate of drug-likeness (QED) is 0.703. The molecule has 0 fully saturated rings. The number of aromatic hydroxyl groups is 1. The Bertz CT molecular complexity index is 773. The summed E-state index contributed by atoms with van der Waals surface area (Å²) in [5.74, 6) is 1.34. The van der Waals surface area contributed by atoms with Crippen LogP contribution in [0.4, 0.5) is 0 Å². The number of rotatable bonds is 7. The van der Waals surface area contributed by atoms with Gasteiger partial charge in [0.2, 0.25) is 0 Å². The molecule has 0 aliphatic carbocycles. The van der Waals surface area contributed by atoms with Crippen LogP contribution in [0.15, 0.2) is 30.3 Å². The first-order valence-electron chi connectivity index (χ1n) is 8.59. The Morgan fingerprint density at radius 3 is 2.46 bits per heavy atom. The predicted octanol–water partition coefficient (Wildman–Crippen LogP) is 2.54. The highest BCUT2D eigenvalue weighted by atomic mass is 16.5. The zero-order valence-electron chi connectivity index (χ0n) is 14.9. The van der Waals surface area contributed by atoms with Gasteiger partial charge in [-0.15, -0.1) is 0 Å². The molecule has 3 N–H and O–H groups in total. The van der Waals surface area contributed by atoms with Gasteiger partial charge in [-0.2, -0.15) is 0 Å². The number of ether oxygens (including phenoxy) is 3. The highest BCUT2D eigenvalue weighted by Gasteiger charge is 2.37. The minimum absolute atomic E-state index is 0.0527. The fourth-order valence-corrected chi connectivity index (χ4v) is 3.42. The lowest BCUT2D eigenvalue weighted by atomic mass is 9.90. The first kappa shape index (κ1) is 18.4. The number of methoxy groups -OCH3 is 2. The van der Waals surface area contributed by atoms with Gasteiger partial charge in [0.05, 0.1) is 26.7 Å². The average molecular weight is 360 g/mol. The van der Waals surface area contributed by atoms with E-state index in [0.29, 0.717) is 30.1 Å². The second-order valence-corrected chi connectivity index (χ2v) is 6.30. The standard InChI is InChI=1S/C20H24O6/c1-24-17-6-5-13(10-18(17)25-2)19-15(11-22)14-8-12(4-3-7-21)9-16(23)20(14)26-19/h5-6,8-10,15,19,21-23H,3-4,7,11H2,1-2H3/t15-,19+/m1/s1. The molecule has 1 aliphatic rings. The number of aryl methyl sites for hydroxylation is 1. The number of aliphatic hydroxyl groups excluding tert-OH is 2. The number of hydrogen-bond donors (Lipinski definition) is 3. The van der Waals surface area contributed by atoms with E-state index in [1.54, 1.807) is 26.4 Å². The minimum Gasteiger partial charge on any atom is -0.504 e. The van der Waals surface area contributed by atoms with Crippen LogP contribution in [0.25, 0.3) is 0 Å². The van der Waals surface area contributed by atoms with Crippen molar-refractivity contribution in [3.8, 4) is 23.0 Å². The summed E-state index contributed by atoms with van der Waals surface area (Å²) in [4.78, 5) is 0. The van der Waals surface area contributed by atoms with Gasteiger partial charge in [-0.25, -0.2) is 0 Å². The molecular formula is C20H24O6. The van der Waals surface area contributed by atoms with Gasteiger partial charge in [0.15, 0.2) is 23.0 Å². The molecule has 6 heteroatoms. The molecule has 0 saturated heterocycles. The number of benzene rings is 2. The van der Waals surface area contributed by atoms with Gasteiger partial charge in [0.1, 0.15) is 6.10 Å². The van der Waals surface area contributed by atoms with Crippen LogP contribution in [0.5, 0.6) is 23.0 Å². The largest absolute Gasteiger partial charge is 0.504 e. The lowest BCUT2D eigenvalue weighted by Crippen LogP contribution is -2.13. The predicted molar refractivity (Wildman–Crippen MR) is 96.3 cm³/mol. The molecule has 1 aliphatic heterocycles. The highest BCUT2D eigenvalue weighted by molar-refractivity contribution is 5.55. The van der Waals surface area contributed by atoms with Gasteiger partial charge in [-0.1, -0.05) is 12.1 Å². The molecule has 0 unspecified atom stereocenters. The Kier molecular flexibility index (Phi) is 5.54. The van der Waals surface area contributed by atoms with E-state index in [2.05, 4.69) is 0 Å². The van der Waals surface area contributed by atoms with E-state index in [9.17, 15) is 10.2 Å². The van der Waals surface area contributed by atoms with Gasteiger partial charge >= 0.3 is 0 Å². The zero-order chi connectivity index (χ0) is 18.7. The SMILES string of the molecule is COc1ccc([C@@H]2Oc3c(O)cc(CCCO)cc3[C@H]2CO)cc1OC. The molecule has 2 atom stereocenters. The summed E-state index contributed by atoms with van der Waals surface area (Å²) in [5.41, 5.74) is 2.51. The zero-order valence-corrected chi connectivity index (χ0v) is 14.9. The summed E-state index contributed by atoms with van der Waals surface area (Å²) in [6.45, 7) is -0.0268. The van der Waals surface area contributed by atoms with E-state index in [0.717, 1.165) is 16.7 Å². The van der Waals surface area contributed by atoms with Crippen LogP contribution in [0.3, 0.4) is 0 Å². The van der Waals surface area contributed by atoms with E-state index >= 15 is 0 Å². The van der Waals surface area contributed by atoms with E-state index in [1.165, 1.54) is 0 Å². The van der Waals surface area contributed by atoms with Crippen LogP contribution in [0.1, 0.15) is 35.1 Å². The van der Waals surface area contributed by atoms with Crippen molar-refractivity contribution >= 4 is 0 Å². The second kappa shape index (κ2) is 7.85. The van der Waals surface area contributed by atoms with Gasteiger partial charge in [0.25, 0.3) is 0 Å².